The van der Waals surface area contributed by atoms with Gasteiger partial charge in [-0.15, -0.1) is 0 Å². The van der Waals surface area contributed by atoms with Gasteiger partial charge in [-0.25, -0.2) is 4.79 Å². The summed E-state index contributed by atoms with van der Waals surface area (Å²) in [6, 6.07) is -0.264. The highest BCUT2D eigenvalue weighted by Crippen LogP contribution is 2.36. The Morgan fingerprint density at radius 3 is 2.83 bits per heavy atom. The third-order valence-corrected chi connectivity index (χ3v) is 3.57. The summed E-state index contributed by atoms with van der Waals surface area (Å²) in [5, 5.41) is 11.7. The lowest BCUT2D eigenvalue weighted by Crippen LogP contribution is -2.49. The summed E-state index contributed by atoms with van der Waals surface area (Å²) in [7, 11) is 1.81. The van der Waals surface area contributed by atoms with Crippen LogP contribution in [0.2, 0.25) is 0 Å². The molecule has 0 aromatic carbocycles. The SMILES string of the molecule is CC[C@H](C)[C@H]1C(=O)Nc2c(c[nH]c2C(=O)O)N1C. The number of amides is 1. The van der Waals surface area contributed by atoms with Crippen molar-refractivity contribution in [3.05, 3.63) is 11.9 Å². The van der Waals surface area contributed by atoms with Gasteiger partial charge < -0.3 is 20.3 Å². The van der Waals surface area contributed by atoms with Crippen LogP contribution in [-0.2, 0) is 4.79 Å². The highest BCUT2D eigenvalue weighted by molar-refractivity contribution is 6.09. The van der Waals surface area contributed by atoms with Gasteiger partial charge >= 0.3 is 5.97 Å². The fourth-order valence-electron chi connectivity index (χ4n) is 2.37. The molecule has 2 heterocycles. The Morgan fingerprint density at radius 1 is 1.61 bits per heavy atom. The number of anilines is 2. The molecule has 1 amide bonds. The first-order valence-electron chi connectivity index (χ1n) is 5.95. The number of hydrogen-bond acceptors (Lipinski definition) is 3. The van der Waals surface area contributed by atoms with E-state index in [2.05, 4.69) is 10.3 Å². The largest absolute Gasteiger partial charge is 0.477 e. The number of carboxylic acids is 1. The normalized spacial score (nSPS) is 20.3. The zero-order valence-corrected chi connectivity index (χ0v) is 10.7. The summed E-state index contributed by atoms with van der Waals surface area (Å²) in [6.07, 6.45) is 2.50. The molecule has 0 aliphatic carbocycles. The van der Waals surface area contributed by atoms with Crippen molar-refractivity contribution < 1.29 is 14.7 Å². The summed E-state index contributed by atoms with van der Waals surface area (Å²) in [6.45, 7) is 4.04. The van der Waals surface area contributed by atoms with Crippen LogP contribution in [0.15, 0.2) is 6.20 Å². The van der Waals surface area contributed by atoms with E-state index in [-0.39, 0.29) is 23.6 Å². The number of aromatic carboxylic acids is 1. The summed E-state index contributed by atoms with van der Waals surface area (Å²) in [5.41, 5.74) is 1.10. The number of nitrogens with zero attached hydrogens (tertiary/aromatic N) is 1. The summed E-state index contributed by atoms with van der Waals surface area (Å²) < 4.78 is 0. The second kappa shape index (κ2) is 4.36. The monoisotopic (exact) mass is 251 g/mol. The smallest absolute Gasteiger partial charge is 0.354 e. The number of rotatable bonds is 3. The summed E-state index contributed by atoms with van der Waals surface area (Å²) in [5.74, 6) is -1.03. The van der Waals surface area contributed by atoms with Gasteiger partial charge in [-0.3, -0.25) is 4.79 Å². The zero-order valence-electron chi connectivity index (χ0n) is 10.7. The number of aromatic amines is 1. The van der Waals surface area contributed by atoms with Crippen LogP contribution in [0.3, 0.4) is 0 Å². The van der Waals surface area contributed by atoms with Gasteiger partial charge in [0.05, 0.1) is 11.4 Å². The minimum absolute atomic E-state index is 0.0211. The van der Waals surface area contributed by atoms with E-state index in [1.54, 1.807) is 6.20 Å². The number of H-pyrrole nitrogens is 1. The first kappa shape index (κ1) is 12.5. The van der Waals surface area contributed by atoms with Gasteiger partial charge in [0, 0.05) is 13.2 Å². The predicted octanol–water partition coefficient (Wildman–Crippen LogP) is 1.52. The van der Waals surface area contributed by atoms with E-state index in [9.17, 15) is 9.59 Å². The molecule has 0 unspecified atom stereocenters. The predicted molar refractivity (Wildman–Crippen MR) is 68.0 cm³/mol. The van der Waals surface area contributed by atoms with Crippen LogP contribution < -0.4 is 10.2 Å². The topological polar surface area (TPSA) is 85.4 Å². The van der Waals surface area contributed by atoms with Crippen molar-refractivity contribution in [1.82, 2.24) is 4.98 Å². The van der Waals surface area contributed by atoms with Gasteiger partial charge in [0.15, 0.2) is 5.69 Å². The molecule has 1 aromatic rings. The Labute approximate surface area is 105 Å². The Kier molecular flexibility index (Phi) is 3.02. The molecule has 0 saturated heterocycles. The van der Waals surface area contributed by atoms with Gasteiger partial charge in [0.1, 0.15) is 6.04 Å². The van der Waals surface area contributed by atoms with Gasteiger partial charge in [0.2, 0.25) is 5.91 Å². The second-order valence-corrected chi connectivity index (χ2v) is 4.66. The third-order valence-electron chi connectivity index (χ3n) is 3.57. The maximum Gasteiger partial charge on any atom is 0.354 e. The molecule has 18 heavy (non-hydrogen) atoms. The van der Waals surface area contributed by atoms with E-state index in [1.807, 2.05) is 25.8 Å². The van der Waals surface area contributed by atoms with Gasteiger partial charge in [-0.1, -0.05) is 20.3 Å². The lowest BCUT2D eigenvalue weighted by Gasteiger charge is -2.36. The quantitative estimate of drug-likeness (QED) is 0.760. The molecule has 0 fully saturated rings. The van der Waals surface area contributed by atoms with Crippen molar-refractivity contribution in [3.8, 4) is 0 Å². The van der Waals surface area contributed by atoms with Crippen LogP contribution in [0.25, 0.3) is 0 Å². The van der Waals surface area contributed by atoms with Crippen molar-refractivity contribution in [2.24, 2.45) is 5.92 Å². The van der Waals surface area contributed by atoms with Crippen LogP contribution in [0.4, 0.5) is 11.4 Å². The van der Waals surface area contributed by atoms with Crippen LogP contribution in [-0.4, -0.2) is 35.1 Å². The number of likely N-dealkylation sites (N-methyl/N-ethyl adjacent to an activating group) is 1. The standard InChI is InChI=1S/C12H17N3O3/c1-4-6(2)10-11(16)14-8-7(15(10)3)5-13-9(8)12(17)18/h5-6,10,13H,4H2,1-3H3,(H,14,16)(H,17,18)/t6-,10-/m0/s1. The molecular formula is C12H17N3O3. The van der Waals surface area contributed by atoms with E-state index >= 15 is 0 Å². The summed E-state index contributed by atoms with van der Waals surface area (Å²) in [4.78, 5) is 27.6. The van der Waals surface area contributed by atoms with Crippen molar-refractivity contribution >= 4 is 23.3 Å². The number of carbonyl (C=O) groups is 2. The molecule has 1 aliphatic rings. The molecule has 0 radical (unpaired) electrons. The van der Waals surface area contributed by atoms with E-state index in [0.717, 1.165) is 12.1 Å². The van der Waals surface area contributed by atoms with Crippen LogP contribution in [0, 0.1) is 5.92 Å². The molecule has 6 heteroatoms. The number of nitrogens with one attached hydrogen (secondary N) is 2. The second-order valence-electron chi connectivity index (χ2n) is 4.66. The van der Waals surface area contributed by atoms with E-state index in [0.29, 0.717) is 5.69 Å². The lowest BCUT2D eigenvalue weighted by molar-refractivity contribution is -0.118. The van der Waals surface area contributed by atoms with Crippen LogP contribution in [0.5, 0.6) is 0 Å². The van der Waals surface area contributed by atoms with Gasteiger partial charge in [-0.2, -0.15) is 0 Å². The Hall–Kier alpha value is -1.98. The third kappa shape index (κ3) is 1.73. The first-order valence-corrected chi connectivity index (χ1v) is 5.95. The first-order chi connectivity index (χ1) is 8.47. The highest BCUT2D eigenvalue weighted by Gasteiger charge is 2.36. The zero-order chi connectivity index (χ0) is 13.4. The van der Waals surface area contributed by atoms with E-state index < -0.39 is 5.97 Å². The number of carboxylic acid groups (broad SMARTS) is 1. The summed E-state index contributed by atoms with van der Waals surface area (Å²) >= 11 is 0. The molecule has 6 nitrogen and oxygen atoms in total. The van der Waals surface area contributed by atoms with Crippen LogP contribution >= 0.6 is 0 Å². The Balaban J connectivity index is 2.42. The highest BCUT2D eigenvalue weighted by atomic mass is 16.4. The number of hydrogen-bond donors (Lipinski definition) is 3. The fraction of sp³-hybridized carbons (Fsp3) is 0.500. The average Bonchev–Trinajstić information content (AvgIpc) is 2.72. The minimum Gasteiger partial charge on any atom is -0.477 e. The molecular weight excluding hydrogens is 234 g/mol. The molecule has 0 bridgehead atoms. The van der Waals surface area contributed by atoms with Crippen molar-refractivity contribution in [3.63, 3.8) is 0 Å². The molecule has 1 aromatic heterocycles. The van der Waals surface area contributed by atoms with Gasteiger partial charge in [0.25, 0.3) is 0 Å². The number of fused-ring (bicyclic) bond motifs is 1. The van der Waals surface area contributed by atoms with E-state index in [4.69, 9.17) is 5.11 Å². The van der Waals surface area contributed by atoms with Crippen molar-refractivity contribution in [1.29, 1.82) is 0 Å². The molecule has 2 rings (SSSR count). The maximum atomic E-state index is 12.1. The molecule has 98 valence electrons. The van der Waals surface area contributed by atoms with Crippen molar-refractivity contribution in [2.45, 2.75) is 26.3 Å². The van der Waals surface area contributed by atoms with Crippen LogP contribution in [0.1, 0.15) is 30.8 Å². The molecule has 0 spiro atoms. The van der Waals surface area contributed by atoms with Gasteiger partial charge in [-0.05, 0) is 5.92 Å². The Bertz CT molecular complexity index is 495. The molecule has 0 saturated carbocycles. The molecule has 1 aliphatic heterocycles. The number of carbonyl (C=O) groups excluding carboxylic acids is 1. The maximum absolute atomic E-state index is 12.1. The number of aromatic nitrogens is 1. The minimum atomic E-state index is -1.08. The lowest BCUT2D eigenvalue weighted by atomic mass is 9.95. The van der Waals surface area contributed by atoms with Crippen molar-refractivity contribution in [2.75, 3.05) is 17.3 Å². The Morgan fingerprint density at radius 2 is 2.28 bits per heavy atom. The fourth-order valence-corrected chi connectivity index (χ4v) is 2.37. The molecule has 2 atom stereocenters. The van der Waals surface area contributed by atoms with E-state index in [1.165, 1.54) is 0 Å². The molecule has 3 N–H and O–H groups in total. The average molecular weight is 251 g/mol.